The Bertz CT molecular complexity index is 351. The lowest BCUT2D eigenvalue weighted by Gasteiger charge is -2.22. The van der Waals surface area contributed by atoms with Gasteiger partial charge in [-0.1, -0.05) is 33.6 Å². The highest BCUT2D eigenvalue weighted by Gasteiger charge is 2.14. The van der Waals surface area contributed by atoms with Crippen LogP contribution in [0.25, 0.3) is 0 Å². The summed E-state index contributed by atoms with van der Waals surface area (Å²) in [4.78, 5) is 0. The molecular weight excluding hydrogens is 291 g/mol. The molecule has 0 unspecified atom stereocenters. The van der Waals surface area contributed by atoms with E-state index in [0.29, 0.717) is 12.7 Å². The highest BCUT2D eigenvalue weighted by atomic mass is 79.9. The lowest BCUT2D eigenvalue weighted by Crippen LogP contribution is -2.23. The molecule has 1 fully saturated rings. The predicted molar refractivity (Wildman–Crippen MR) is 67.8 cm³/mol. The Morgan fingerprint density at radius 1 is 1.38 bits per heavy atom. The molecule has 0 N–H and O–H groups in total. The molecule has 1 saturated heterocycles. The fourth-order valence-corrected chi connectivity index (χ4v) is 2.42. The van der Waals surface area contributed by atoms with Crippen LogP contribution >= 0.6 is 27.5 Å². The lowest BCUT2D eigenvalue weighted by atomic mass is 10.1. The minimum absolute atomic E-state index is 0.313. The summed E-state index contributed by atoms with van der Waals surface area (Å²) >= 11 is 9.49. The standard InChI is InChI=1S/C12H14BrClO2/c13-10-2-1-9(12(14)7-10)8-16-11-3-5-15-6-4-11/h1-2,7,11H,3-6,8H2. The molecule has 0 saturated carbocycles. The van der Waals surface area contributed by atoms with Gasteiger partial charge < -0.3 is 9.47 Å². The third-order valence-electron chi connectivity index (χ3n) is 2.66. The van der Waals surface area contributed by atoms with Crippen LogP contribution < -0.4 is 0 Å². The van der Waals surface area contributed by atoms with Crippen molar-refractivity contribution in [1.29, 1.82) is 0 Å². The minimum atomic E-state index is 0.313. The second-order valence-corrected chi connectivity index (χ2v) is 5.18. The molecule has 88 valence electrons. The molecule has 16 heavy (non-hydrogen) atoms. The van der Waals surface area contributed by atoms with Crippen LogP contribution in [0.15, 0.2) is 22.7 Å². The molecule has 2 nitrogen and oxygen atoms in total. The molecule has 0 radical (unpaired) electrons. The zero-order valence-electron chi connectivity index (χ0n) is 8.92. The monoisotopic (exact) mass is 304 g/mol. The van der Waals surface area contributed by atoms with Crippen LogP contribution in [0.5, 0.6) is 0 Å². The van der Waals surface area contributed by atoms with Crippen LogP contribution in [-0.2, 0) is 16.1 Å². The normalized spacial score (nSPS) is 17.6. The molecule has 0 atom stereocenters. The van der Waals surface area contributed by atoms with Gasteiger partial charge in [-0.25, -0.2) is 0 Å². The van der Waals surface area contributed by atoms with Crippen LogP contribution in [0.1, 0.15) is 18.4 Å². The number of halogens is 2. The van der Waals surface area contributed by atoms with E-state index in [-0.39, 0.29) is 0 Å². The molecule has 1 aliphatic heterocycles. The number of hydrogen-bond acceptors (Lipinski definition) is 2. The van der Waals surface area contributed by atoms with Gasteiger partial charge in [0.2, 0.25) is 0 Å². The maximum Gasteiger partial charge on any atom is 0.0735 e. The summed E-state index contributed by atoms with van der Waals surface area (Å²) in [5.41, 5.74) is 1.04. The molecular formula is C12H14BrClO2. The van der Waals surface area contributed by atoms with Crippen LogP contribution in [0.3, 0.4) is 0 Å². The Morgan fingerprint density at radius 2 is 2.12 bits per heavy atom. The Balaban J connectivity index is 1.88. The Kier molecular flexibility index (Phi) is 4.65. The zero-order chi connectivity index (χ0) is 11.4. The topological polar surface area (TPSA) is 18.5 Å². The first-order valence-electron chi connectivity index (χ1n) is 5.39. The first-order chi connectivity index (χ1) is 7.75. The van der Waals surface area contributed by atoms with E-state index in [1.54, 1.807) is 0 Å². The smallest absolute Gasteiger partial charge is 0.0735 e. The number of ether oxygens (including phenoxy) is 2. The van der Waals surface area contributed by atoms with E-state index in [4.69, 9.17) is 21.1 Å². The lowest BCUT2D eigenvalue weighted by molar-refractivity contribution is -0.0390. The largest absolute Gasteiger partial charge is 0.381 e. The van der Waals surface area contributed by atoms with Gasteiger partial charge in [0.05, 0.1) is 12.7 Å². The van der Waals surface area contributed by atoms with Gasteiger partial charge in [-0.05, 0) is 30.5 Å². The average Bonchev–Trinajstić information content (AvgIpc) is 2.29. The SMILES string of the molecule is Clc1cc(Br)ccc1COC1CCOCC1. The van der Waals surface area contributed by atoms with E-state index < -0.39 is 0 Å². The van der Waals surface area contributed by atoms with Gasteiger partial charge in [0, 0.05) is 22.7 Å². The Morgan fingerprint density at radius 3 is 2.81 bits per heavy atom. The van der Waals surface area contributed by atoms with Gasteiger partial charge in [-0.2, -0.15) is 0 Å². The molecule has 0 spiro atoms. The molecule has 0 bridgehead atoms. The molecule has 0 amide bonds. The highest BCUT2D eigenvalue weighted by molar-refractivity contribution is 9.10. The van der Waals surface area contributed by atoms with E-state index in [1.807, 2.05) is 18.2 Å². The number of rotatable bonds is 3. The predicted octanol–water partition coefficient (Wildman–Crippen LogP) is 3.80. The van der Waals surface area contributed by atoms with E-state index >= 15 is 0 Å². The minimum Gasteiger partial charge on any atom is -0.381 e. The Labute approximate surface area is 109 Å². The maximum absolute atomic E-state index is 6.11. The van der Waals surface area contributed by atoms with Gasteiger partial charge in [0.25, 0.3) is 0 Å². The molecule has 0 aromatic heterocycles. The van der Waals surface area contributed by atoms with E-state index in [9.17, 15) is 0 Å². The van der Waals surface area contributed by atoms with Gasteiger partial charge in [-0.15, -0.1) is 0 Å². The van der Waals surface area contributed by atoms with Crippen molar-refractivity contribution in [3.63, 3.8) is 0 Å². The third-order valence-corrected chi connectivity index (χ3v) is 3.50. The summed E-state index contributed by atoms with van der Waals surface area (Å²) in [5, 5.41) is 0.751. The summed E-state index contributed by atoms with van der Waals surface area (Å²) in [6.45, 7) is 2.19. The fourth-order valence-electron chi connectivity index (χ4n) is 1.69. The summed E-state index contributed by atoms with van der Waals surface area (Å²) in [6, 6.07) is 5.87. The van der Waals surface area contributed by atoms with Crippen LogP contribution in [0.2, 0.25) is 5.02 Å². The molecule has 0 aliphatic carbocycles. The first-order valence-corrected chi connectivity index (χ1v) is 6.56. The quantitative estimate of drug-likeness (QED) is 0.845. The van der Waals surface area contributed by atoms with Crippen LogP contribution in [0, 0.1) is 0 Å². The summed E-state index contributed by atoms with van der Waals surface area (Å²) in [7, 11) is 0. The van der Waals surface area contributed by atoms with Crippen molar-refractivity contribution in [2.75, 3.05) is 13.2 Å². The van der Waals surface area contributed by atoms with Gasteiger partial charge in [-0.3, -0.25) is 0 Å². The van der Waals surface area contributed by atoms with Crippen LogP contribution in [-0.4, -0.2) is 19.3 Å². The van der Waals surface area contributed by atoms with Crippen molar-refractivity contribution >= 4 is 27.5 Å². The summed E-state index contributed by atoms with van der Waals surface area (Å²) in [5.74, 6) is 0. The van der Waals surface area contributed by atoms with Crippen molar-refractivity contribution in [3.8, 4) is 0 Å². The zero-order valence-corrected chi connectivity index (χ0v) is 11.3. The van der Waals surface area contributed by atoms with Gasteiger partial charge in [0.1, 0.15) is 0 Å². The molecule has 1 aromatic rings. The summed E-state index contributed by atoms with van der Waals surface area (Å²) in [6.07, 6.45) is 2.27. The molecule has 1 heterocycles. The van der Waals surface area contributed by atoms with E-state index in [1.165, 1.54) is 0 Å². The Hall–Kier alpha value is -0.0900. The second-order valence-electron chi connectivity index (χ2n) is 3.86. The average molecular weight is 306 g/mol. The van der Waals surface area contributed by atoms with E-state index in [2.05, 4.69) is 15.9 Å². The van der Waals surface area contributed by atoms with Gasteiger partial charge in [0.15, 0.2) is 0 Å². The van der Waals surface area contributed by atoms with Crippen molar-refractivity contribution in [2.24, 2.45) is 0 Å². The number of hydrogen-bond donors (Lipinski definition) is 0. The number of benzene rings is 1. The van der Waals surface area contributed by atoms with Crippen LogP contribution in [0.4, 0.5) is 0 Å². The molecule has 1 aliphatic rings. The van der Waals surface area contributed by atoms with Crippen molar-refractivity contribution in [2.45, 2.75) is 25.6 Å². The van der Waals surface area contributed by atoms with Crippen molar-refractivity contribution in [3.05, 3.63) is 33.3 Å². The third kappa shape index (κ3) is 3.45. The van der Waals surface area contributed by atoms with Crippen molar-refractivity contribution < 1.29 is 9.47 Å². The molecule has 1 aromatic carbocycles. The first kappa shape index (κ1) is 12.4. The molecule has 2 rings (SSSR count). The maximum atomic E-state index is 6.11. The molecule has 4 heteroatoms. The van der Waals surface area contributed by atoms with E-state index in [0.717, 1.165) is 41.1 Å². The fraction of sp³-hybridized carbons (Fsp3) is 0.500. The summed E-state index contributed by atoms with van der Waals surface area (Å²) < 4.78 is 12.1. The highest BCUT2D eigenvalue weighted by Crippen LogP contribution is 2.23. The second kappa shape index (κ2) is 6.01. The van der Waals surface area contributed by atoms with Gasteiger partial charge >= 0.3 is 0 Å². The van der Waals surface area contributed by atoms with Crippen molar-refractivity contribution in [1.82, 2.24) is 0 Å².